The van der Waals surface area contributed by atoms with E-state index in [0.29, 0.717) is 16.6 Å². The van der Waals surface area contributed by atoms with Crippen LogP contribution in [0.15, 0.2) is 24.3 Å². The number of amides is 1. The molecule has 0 radical (unpaired) electrons. The van der Waals surface area contributed by atoms with Crippen LogP contribution in [0.25, 0.3) is 11.1 Å². The summed E-state index contributed by atoms with van der Waals surface area (Å²) in [7, 11) is 0. The SMILES string of the molecule is CCCc1c(-c2ccccc2Cl)c(C(N)=O)c(C)n1C1CC1. The first kappa shape index (κ1) is 15.2. The van der Waals surface area contributed by atoms with Gasteiger partial charge in [0.1, 0.15) is 0 Å². The van der Waals surface area contributed by atoms with Gasteiger partial charge in [-0.1, -0.05) is 43.1 Å². The Kier molecular flexibility index (Phi) is 4.00. The van der Waals surface area contributed by atoms with Gasteiger partial charge in [0, 0.05) is 33.6 Å². The summed E-state index contributed by atoms with van der Waals surface area (Å²) in [6.45, 7) is 4.15. The van der Waals surface area contributed by atoms with Crippen LogP contribution in [0.2, 0.25) is 5.02 Å². The van der Waals surface area contributed by atoms with Crippen LogP contribution in [-0.2, 0) is 6.42 Å². The summed E-state index contributed by atoms with van der Waals surface area (Å²) in [6.07, 6.45) is 4.29. The second-order valence-corrected chi connectivity index (χ2v) is 6.38. The van der Waals surface area contributed by atoms with Gasteiger partial charge in [0.2, 0.25) is 0 Å². The number of hydrogen-bond donors (Lipinski definition) is 1. The fourth-order valence-corrected chi connectivity index (χ4v) is 3.56. The average molecular weight is 317 g/mol. The third-order valence-electron chi connectivity index (χ3n) is 4.34. The summed E-state index contributed by atoms with van der Waals surface area (Å²) >= 11 is 6.40. The van der Waals surface area contributed by atoms with E-state index < -0.39 is 0 Å². The van der Waals surface area contributed by atoms with Gasteiger partial charge in [0.25, 0.3) is 5.91 Å². The van der Waals surface area contributed by atoms with Gasteiger partial charge < -0.3 is 10.3 Å². The van der Waals surface area contributed by atoms with E-state index in [2.05, 4.69) is 11.5 Å². The number of carbonyl (C=O) groups excluding carboxylic acids is 1. The molecule has 3 rings (SSSR count). The molecule has 4 heteroatoms. The fraction of sp³-hybridized carbons (Fsp3) is 0.389. The number of rotatable bonds is 5. The highest BCUT2D eigenvalue weighted by atomic mass is 35.5. The number of nitrogens with zero attached hydrogens (tertiary/aromatic N) is 1. The minimum atomic E-state index is -0.371. The van der Waals surface area contributed by atoms with Crippen LogP contribution in [0.5, 0.6) is 0 Å². The number of benzene rings is 1. The van der Waals surface area contributed by atoms with Gasteiger partial charge in [0.05, 0.1) is 5.56 Å². The number of primary amides is 1. The zero-order valence-corrected chi connectivity index (χ0v) is 13.8. The monoisotopic (exact) mass is 316 g/mol. The van der Waals surface area contributed by atoms with Gasteiger partial charge in [-0.25, -0.2) is 0 Å². The van der Waals surface area contributed by atoms with Gasteiger partial charge in [-0.3, -0.25) is 4.79 Å². The molecule has 3 nitrogen and oxygen atoms in total. The van der Waals surface area contributed by atoms with E-state index in [1.165, 1.54) is 18.5 Å². The average Bonchev–Trinajstić information content (AvgIpc) is 3.25. The van der Waals surface area contributed by atoms with Gasteiger partial charge in [0.15, 0.2) is 0 Å². The van der Waals surface area contributed by atoms with Crippen molar-refractivity contribution in [3.8, 4) is 11.1 Å². The molecule has 0 saturated heterocycles. The molecule has 0 atom stereocenters. The van der Waals surface area contributed by atoms with Crippen molar-refractivity contribution in [2.45, 2.75) is 45.6 Å². The summed E-state index contributed by atoms with van der Waals surface area (Å²) in [5, 5.41) is 0.662. The van der Waals surface area contributed by atoms with Crippen LogP contribution in [0.1, 0.15) is 54.0 Å². The predicted octanol–water partition coefficient (Wildman–Crippen LogP) is 4.50. The van der Waals surface area contributed by atoms with Crippen molar-refractivity contribution < 1.29 is 4.79 Å². The molecule has 1 aromatic heterocycles. The lowest BCUT2D eigenvalue weighted by Gasteiger charge is -2.12. The molecule has 0 bridgehead atoms. The van der Waals surface area contributed by atoms with E-state index in [1.807, 2.05) is 31.2 Å². The highest BCUT2D eigenvalue weighted by molar-refractivity contribution is 6.33. The van der Waals surface area contributed by atoms with Crippen molar-refractivity contribution in [1.29, 1.82) is 0 Å². The number of carbonyl (C=O) groups is 1. The number of nitrogens with two attached hydrogens (primary N) is 1. The molecule has 116 valence electrons. The quantitative estimate of drug-likeness (QED) is 0.867. The molecular formula is C18H21ClN2O. The maximum Gasteiger partial charge on any atom is 0.251 e. The van der Waals surface area contributed by atoms with E-state index in [-0.39, 0.29) is 5.91 Å². The minimum absolute atomic E-state index is 0.371. The Balaban J connectivity index is 2.33. The number of halogens is 1. The Bertz CT molecular complexity index is 729. The number of aromatic nitrogens is 1. The first-order valence-electron chi connectivity index (χ1n) is 7.84. The van der Waals surface area contributed by atoms with Crippen LogP contribution in [-0.4, -0.2) is 10.5 Å². The van der Waals surface area contributed by atoms with E-state index >= 15 is 0 Å². The second kappa shape index (κ2) is 5.81. The fourth-order valence-electron chi connectivity index (χ4n) is 3.33. The molecule has 1 fully saturated rings. The van der Waals surface area contributed by atoms with Gasteiger partial charge in [-0.15, -0.1) is 0 Å². The summed E-state index contributed by atoms with van der Waals surface area (Å²) in [4.78, 5) is 12.1. The summed E-state index contributed by atoms with van der Waals surface area (Å²) in [5.74, 6) is -0.371. The van der Waals surface area contributed by atoms with Crippen LogP contribution in [0.3, 0.4) is 0 Å². The third kappa shape index (κ3) is 2.44. The molecule has 0 aliphatic heterocycles. The van der Waals surface area contributed by atoms with Gasteiger partial charge in [-0.2, -0.15) is 0 Å². The van der Waals surface area contributed by atoms with Crippen molar-refractivity contribution in [2.24, 2.45) is 5.73 Å². The zero-order chi connectivity index (χ0) is 15.9. The van der Waals surface area contributed by atoms with Gasteiger partial charge >= 0.3 is 0 Å². The van der Waals surface area contributed by atoms with E-state index in [4.69, 9.17) is 17.3 Å². The molecule has 2 aromatic rings. The molecule has 1 aliphatic rings. The summed E-state index contributed by atoms with van der Waals surface area (Å²) in [6, 6.07) is 8.20. The van der Waals surface area contributed by atoms with Crippen molar-refractivity contribution in [2.75, 3.05) is 0 Å². The third-order valence-corrected chi connectivity index (χ3v) is 4.67. The van der Waals surface area contributed by atoms with Crippen molar-refractivity contribution in [3.63, 3.8) is 0 Å². The van der Waals surface area contributed by atoms with Gasteiger partial charge in [-0.05, 0) is 32.3 Å². The van der Waals surface area contributed by atoms with Crippen molar-refractivity contribution in [3.05, 3.63) is 46.2 Å². The Hall–Kier alpha value is -1.74. The second-order valence-electron chi connectivity index (χ2n) is 5.98. The molecule has 0 unspecified atom stereocenters. The standard InChI is InChI=1S/C18H21ClN2O/c1-3-6-15-17(13-7-4-5-8-14(13)19)16(18(20)22)11(2)21(15)12-9-10-12/h4-5,7-8,12H,3,6,9-10H2,1-2H3,(H2,20,22). The Morgan fingerprint density at radius 2 is 2.05 bits per heavy atom. The zero-order valence-electron chi connectivity index (χ0n) is 13.0. The lowest BCUT2D eigenvalue weighted by molar-refractivity contribution is 0.1000. The van der Waals surface area contributed by atoms with Crippen molar-refractivity contribution >= 4 is 17.5 Å². The van der Waals surface area contributed by atoms with Crippen LogP contribution in [0, 0.1) is 6.92 Å². The molecule has 2 N–H and O–H groups in total. The Labute approximate surface area is 136 Å². The largest absolute Gasteiger partial charge is 0.366 e. The van der Waals surface area contributed by atoms with E-state index in [0.717, 1.165) is 29.7 Å². The first-order chi connectivity index (χ1) is 10.6. The molecule has 22 heavy (non-hydrogen) atoms. The van der Waals surface area contributed by atoms with E-state index in [9.17, 15) is 4.79 Å². The molecule has 1 amide bonds. The maximum atomic E-state index is 12.1. The minimum Gasteiger partial charge on any atom is -0.366 e. The maximum absolute atomic E-state index is 12.1. The summed E-state index contributed by atoms with van der Waals surface area (Å²) in [5.41, 5.74) is 10.4. The first-order valence-corrected chi connectivity index (χ1v) is 8.22. The molecule has 1 saturated carbocycles. The molecule has 1 heterocycles. The lowest BCUT2D eigenvalue weighted by atomic mass is 9.98. The number of hydrogen-bond acceptors (Lipinski definition) is 1. The van der Waals surface area contributed by atoms with Crippen LogP contribution < -0.4 is 5.73 Å². The lowest BCUT2D eigenvalue weighted by Crippen LogP contribution is -2.13. The molecular weight excluding hydrogens is 296 g/mol. The topological polar surface area (TPSA) is 48.0 Å². The predicted molar refractivity (Wildman–Crippen MR) is 90.4 cm³/mol. The van der Waals surface area contributed by atoms with Crippen LogP contribution >= 0.6 is 11.6 Å². The normalized spacial score (nSPS) is 14.3. The Morgan fingerprint density at radius 3 is 2.59 bits per heavy atom. The highest BCUT2D eigenvalue weighted by Gasteiger charge is 2.33. The molecule has 1 aliphatic carbocycles. The van der Waals surface area contributed by atoms with Crippen LogP contribution in [0.4, 0.5) is 0 Å². The summed E-state index contributed by atoms with van der Waals surface area (Å²) < 4.78 is 2.32. The van der Waals surface area contributed by atoms with E-state index in [1.54, 1.807) is 0 Å². The Morgan fingerprint density at radius 1 is 1.36 bits per heavy atom. The molecule has 1 aromatic carbocycles. The highest BCUT2D eigenvalue weighted by Crippen LogP contribution is 2.44. The smallest absolute Gasteiger partial charge is 0.251 e. The molecule has 0 spiro atoms. The van der Waals surface area contributed by atoms with Crippen molar-refractivity contribution in [1.82, 2.24) is 4.57 Å².